The van der Waals surface area contributed by atoms with Crippen molar-refractivity contribution in [3.05, 3.63) is 60.2 Å². The van der Waals surface area contributed by atoms with Crippen molar-refractivity contribution in [1.82, 2.24) is 14.8 Å². The molecule has 0 saturated heterocycles. The molecule has 3 rings (SSSR count). The van der Waals surface area contributed by atoms with Crippen LogP contribution < -0.4 is 0 Å². The average molecular weight is 267 g/mol. The highest BCUT2D eigenvalue weighted by atomic mass is 16.3. The number of hydrogen-bond acceptors (Lipinski definition) is 3. The van der Waals surface area contributed by atoms with Crippen LogP contribution in [0.25, 0.3) is 10.8 Å². The molecule has 4 heteroatoms. The smallest absolute Gasteiger partial charge is 0.138 e. The third-order valence-corrected chi connectivity index (χ3v) is 3.43. The molecule has 0 fully saturated rings. The number of nitrogens with zero attached hydrogens (tertiary/aromatic N) is 3. The van der Waals surface area contributed by atoms with Crippen LogP contribution in [0.3, 0.4) is 0 Å². The molecule has 2 heterocycles. The zero-order chi connectivity index (χ0) is 13.9. The van der Waals surface area contributed by atoms with E-state index in [1.807, 2.05) is 41.1 Å². The summed E-state index contributed by atoms with van der Waals surface area (Å²) >= 11 is 0. The third-order valence-electron chi connectivity index (χ3n) is 3.43. The second-order valence-corrected chi connectivity index (χ2v) is 4.80. The number of aliphatic hydroxyl groups is 1. The fourth-order valence-corrected chi connectivity index (χ4v) is 2.47. The van der Waals surface area contributed by atoms with E-state index in [1.54, 1.807) is 12.4 Å². The maximum absolute atomic E-state index is 10.7. The normalized spacial score (nSPS) is 12.7. The predicted octanol–water partition coefficient (Wildman–Crippen LogP) is 2.92. The van der Waals surface area contributed by atoms with Crippen LogP contribution in [-0.2, 0) is 6.54 Å². The Hall–Kier alpha value is -2.20. The van der Waals surface area contributed by atoms with Crippen molar-refractivity contribution in [2.45, 2.75) is 26.0 Å². The van der Waals surface area contributed by atoms with Crippen molar-refractivity contribution in [3.8, 4) is 0 Å². The van der Waals surface area contributed by atoms with Gasteiger partial charge in [0.1, 0.15) is 6.10 Å². The topological polar surface area (TPSA) is 50.9 Å². The number of fused-ring (bicyclic) bond motifs is 1. The summed E-state index contributed by atoms with van der Waals surface area (Å²) < 4.78 is 1.84. The Morgan fingerprint density at radius 3 is 2.85 bits per heavy atom. The lowest BCUT2D eigenvalue weighted by atomic mass is 10.0. The lowest BCUT2D eigenvalue weighted by Crippen LogP contribution is -2.11. The van der Waals surface area contributed by atoms with Crippen molar-refractivity contribution >= 4 is 10.8 Å². The van der Waals surface area contributed by atoms with Gasteiger partial charge in [-0.1, -0.05) is 31.2 Å². The number of aliphatic hydroxyl groups excluding tert-OH is 1. The first-order valence-corrected chi connectivity index (χ1v) is 6.84. The van der Waals surface area contributed by atoms with Crippen molar-refractivity contribution < 1.29 is 5.11 Å². The molecular weight excluding hydrogens is 250 g/mol. The Morgan fingerprint density at radius 1 is 1.15 bits per heavy atom. The van der Waals surface area contributed by atoms with E-state index < -0.39 is 6.10 Å². The van der Waals surface area contributed by atoms with Gasteiger partial charge in [-0.15, -0.1) is 0 Å². The van der Waals surface area contributed by atoms with Crippen LogP contribution in [0.4, 0.5) is 0 Å². The van der Waals surface area contributed by atoms with Gasteiger partial charge in [0.05, 0.1) is 11.4 Å². The van der Waals surface area contributed by atoms with E-state index in [2.05, 4.69) is 17.0 Å². The number of aryl methyl sites for hydroxylation is 1. The molecule has 20 heavy (non-hydrogen) atoms. The first-order valence-electron chi connectivity index (χ1n) is 6.84. The molecule has 0 radical (unpaired) electrons. The second kappa shape index (κ2) is 5.43. The van der Waals surface area contributed by atoms with Gasteiger partial charge in [0.25, 0.3) is 0 Å². The molecule has 1 aromatic carbocycles. The summed E-state index contributed by atoms with van der Waals surface area (Å²) in [7, 11) is 0. The van der Waals surface area contributed by atoms with E-state index in [0.29, 0.717) is 5.69 Å². The van der Waals surface area contributed by atoms with Crippen LogP contribution >= 0.6 is 0 Å². The van der Waals surface area contributed by atoms with Gasteiger partial charge in [-0.05, 0) is 23.9 Å². The quantitative estimate of drug-likeness (QED) is 0.790. The Morgan fingerprint density at radius 2 is 2.00 bits per heavy atom. The number of rotatable bonds is 4. The lowest BCUT2D eigenvalue weighted by molar-refractivity contribution is 0.204. The Balaban J connectivity index is 2.08. The van der Waals surface area contributed by atoms with E-state index in [-0.39, 0.29) is 0 Å². The fourth-order valence-electron chi connectivity index (χ4n) is 2.47. The van der Waals surface area contributed by atoms with E-state index >= 15 is 0 Å². The van der Waals surface area contributed by atoms with E-state index in [0.717, 1.165) is 29.4 Å². The Labute approximate surface area is 117 Å². The monoisotopic (exact) mass is 267 g/mol. The average Bonchev–Trinajstić information content (AvgIpc) is 2.94. The summed E-state index contributed by atoms with van der Waals surface area (Å²) in [4.78, 5) is 4.37. The van der Waals surface area contributed by atoms with Crippen LogP contribution in [0.2, 0.25) is 0 Å². The maximum Gasteiger partial charge on any atom is 0.138 e. The molecular formula is C16H17N3O. The number of benzene rings is 1. The minimum atomic E-state index is -0.754. The molecule has 1 N–H and O–H groups in total. The van der Waals surface area contributed by atoms with E-state index in [9.17, 15) is 5.11 Å². The molecule has 4 nitrogen and oxygen atoms in total. The molecule has 0 aliphatic rings. The Bertz CT molecular complexity index is 715. The van der Waals surface area contributed by atoms with Gasteiger partial charge in [-0.3, -0.25) is 9.67 Å². The molecule has 3 aromatic rings. The predicted molar refractivity (Wildman–Crippen MR) is 78.3 cm³/mol. The molecule has 0 aliphatic heterocycles. The molecule has 0 aliphatic carbocycles. The Kier molecular flexibility index (Phi) is 3.48. The van der Waals surface area contributed by atoms with Gasteiger partial charge < -0.3 is 5.11 Å². The maximum atomic E-state index is 10.7. The molecule has 0 bridgehead atoms. The molecule has 1 atom stereocenters. The first kappa shape index (κ1) is 12.8. The number of pyridine rings is 1. The minimum absolute atomic E-state index is 0.681. The highest BCUT2D eigenvalue weighted by Gasteiger charge is 2.18. The standard InChI is InChI=1S/C16H17N3O/c1-2-11-19-14(8-10-18-19)16(20)15-13-6-4-3-5-12(13)7-9-17-15/h3-10,16,20H,2,11H2,1H3. The minimum Gasteiger partial charge on any atom is -0.380 e. The van der Waals surface area contributed by atoms with Crippen LogP contribution in [0.5, 0.6) is 0 Å². The highest BCUT2D eigenvalue weighted by molar-refractivity contribution is 5.84. The molecule has 1 unspecified atom stereocenters. The van der Waals surface area contributed by atoms with Gasteiger partial charge in [-0.25, -0.2) is 0 Å². The summed E-state index contributed by atoms with van der Waals surface area (Å²) in [5.74, 6) is 0. The zero-order valence-corrected chi connectivity index (χ0v) is 11.4. The number of hydrogen-bond donors (Lipinski definition) is 1. The van der Waals surface area contributed by atoms with Crippen molar-refractivity contribution in [2.75, 3.05) is 0 Å². The first-order chi connectivity index (χ1) is 9.81. The second-order valence-electron chi connectivity index (χ2n) is 4.80. The van der Waals surface area contributed by atoms with Crippen LogP contribution in [-0.4, -0.2) is 19.9 Å². The SMILES string of the molecule is CCCn1nccc1C(O)c1nccc2ccccc12. The van der Waals surface area contributed by atoms with Gasteiger partial charge in [-0.2, -0.15) is 5.10 Å². The van der Waals surface area contributed by atoms with Gasteiger partial charge in [0.15, 0.2) is 0 Å². The van der Waals surface area contributed by atoms with Crippen LogP contribution in [0, 0.1) is 0 Å². The van der Waals surface area contributed by atoms with Gasteiger partial charge >= 0.3 is 0 Å². The molecule has 0 saturated carbocycles. The number of aromatic nitrogens is 3. The van der Waals surface area contributed by atoms with Crippen LogP contribution in [0.15, 0.2) is 48.8 Å². The largest absolute Gasteiger partial charge is 0.380 e. The van der Waals surface area contributed by atoms with Crippen molar-refractivity contribution in [2.24, 2.45) is 0 Å². The van der Waals surface area contributed by atoms with Crippen LogP contribution in [0.1, 0.15) is 30.8 Å². The molecule has 0 amide bonds. The zero-order valence-electron chi connectivity index (χ0n) is 11.4. The third kappa shape index (κ3) is 2.18. The summed E-state index contributed by atoms with van der Waals surface area (Å²) in [6.45, 7) is 2.89. The molecule has 0 spiro atoms. The summed E-state index contributed by atoms with van der Waals surface area (Å²) in [5.41, 5.74) is 1.47. The van der Waals surface area contributed by atoms with Gasteiger partial charge in [0.2, 0.25) is 0 Å². The molecule has 2 aromatic heterocycles. The fraction of sp³-hybridized carbons (Fsp3) is 0.250. The lowest BCUT2D eigenvalue weighted by Gasteiger charge is -2.14. The molecule has 102 valence electrons. The summed E-state index contributed by atoms with van der Waals surface area (Å²) in [5, 5.41) is 17.0. The van der Waals surface area contributed by atoms with Crippen molar-refractivity contribution in [1.29, 1.82) is 0 Å². The summed E-state index contributed by atoms with van der Waals surface area (Å²) in [6.07, 6.45) is 3.68. The summed E-state index contributed by atoms with van der Waals surface area (Å²) in [6, 6.07) is 11.8. The highest BCUT2D eigenvalue weighted by Crippen LogP contribution is 2.26. The van der Waals surface area contributed by atoms with E-state index in [1.165, 1.54) is 0 Å². The van der Waals surface area contributed by atoms with Crippen molar-refractivity contribution in [3.63, 3.8) is 0 Å². The van der Waals surface area contributed by atoms with Gasteiger partial charge in [0, 0.05) is 24.3 Å². The van der Waals surface area contributed by atoms with E-state index in [4.69, 9.17) is 0 Å².